The smallest absolute Gasteiger partial charge is 0.254 e. The van der Waals surface area contributed by atoms with Gasteiger partial charge in [0.1, 0.15) is 12.4 Å². The van der Waals surface area contributed by atoms with E-state index in [1.165, 1.54) is 6.26 Å². The Morgan fingerprint density at radius 1 is 1.28 bits per heavy atom. The molecule has 0 bridgehead atoms. The number of rotatable bonds is 8. The van der Waals surface area contributed by atoms with Crippen molar-refractivity contribution in [2.24, 2.45) is 7.05 Å². The topological polar surface area (TPSA) is 139 Å². The van der Waals surface area contributed by atoms with Gasteiger partial charge in [-0.25, -0.2) is 9.97 Å². The van der Waals surface area contributed by atoms with Crippen molar-refractivity contribution in [1.29, 1.82) is 0 Å². The summed E-state index contributed by atoms with van der Waals surface area (Å²) >= 11 is 0. The molecule has 0 radical (unpaired) electrons. The van der Waals surface area contributed by atoms with Gasteiger partial charge in [0.25, 0.3) is 5.88 Å². The minimum Gasteiger partial charge on any atom is -0.471 e. The summed E-state index contributed by atoms with van der Waals surface area (Å²) in [4.78, 5) is 27.6. The molecule has 39 heavy (non-hydrogen) atoms. The molecule has 1 saturated heterocycles. The van der Waals surface area contributed by atoms with Crippen LogP contribution in [-0.4, -0.2) is 66.4 Å². The Hall–Kier alpha value is -4.71. The van der Waals surface area contributed by atoms with Gasteiger partial charge in [0.05, 0.1) is 23.4 Å². The molecular formula is C27H29N9O3. The zero-order chi connectivity index (χ0) is 26.9. The first-order chi connectivity index (χ1) is 18.9. The molecule has 1 amide bonds. The Kier molecular flexibility index (Phi) is 6.45. The molecule has 0 spiro atoms. The molecule has 200 valence electrons. The molecule has 4 aromatic heterocycles. The van der Waals surface area contributed by atoms with E-state index in [9.17, 15) is 4.79 Å². The Bertz CT molecular complexity index is 1600. The molecule has 12 heteroatoms. The van der Waals surface area contributed by atoms with E-state index in [4.69, 9.17) is 14.2 Å². The molecule has 1 aliphatic rings. The Balaban J connectivity index is 1.16. The second kappa shape index (κ2) is 10.2. The quantitative estimate of drug-likeness (QED) is 0.275. The minimum absolute atomic E-state index is 0.0190. The number of carbonyl (C=O) groups is 1. The van der Waals surface area contributed by atoms with Crippen molar-refractivity contribution >= 4 is 34.3 Å². The van der Waals surface area contributed by atoms with E-state index < -0.39 is 0 Å². The summed E-state index contributed by atoms with van der Waals surface area (Å²) in [6, 6.07) is 9.46. The van der Waals surface area contributed by atoms with E-state index in [2.05, 4.69) is 35.8 Å². The van der Waals surface area contributed by atoms with Crippen molar-refractivity contribution in [3.05, 3.63) is 60.2 Å². The summed E-state index contributed by atoms with van der Waals surface area (Å²) in [6.07, 6.45) is 5.99. The standard InChI is InChI=1S/C27H29N9O3/c1-16-12-29-27(31-22-11-17(2)35(3)33-22)32-25(16)20-13-28-26-19(20)5-4-6-21(26)30-23(37)15-36-9-7-18(14-36)39-24-8-10-38-34-24/h4-6,8,10-13,18,28H,7,9,14-15H2,1-3H3,(H,30,37)(H,29,31,32,33). The maximum atomic E-state index is 12.9. The van der Waals surface area contributed by atoms with Gasteiger partial charge in [-0.1, -0.05) is 12.1 Å². The Morgan fingerprint density at radius 2 is 2.18 bits per heavy atom. The van der Waals surface area contributed by atoms with Crippen LogP contribution in [0.3, 0.4) is 0 Å². The van der Waals surface area contributed by atoms with Gasteiger partial charge in [-0.3, -0.25) is 14.4 Å². The molecule has 3 N–H and O–H groups in total. The van der Waals surface area contributed by atoms with Gasteiger partial charge in [-0.15, -0.1) is 0 Å². The van der Waals surface area contributed by atoms with Crippen molar-refractivity contribution in [2.45, 2.75) is 26.4 Å². The molecule has 0 aliphatic carbocycles. The summed E-state index contributed by atoms with van der Waals surface area (Å²) in [5, 5.41) is 15.4. The highest BCUT2D eigenvalue weighted by Gasteiger charge is 2.26. The number of anilines is 3. The molecule has 1 fully saturated rings. The van der Waals surface area contributed by atoms with E-state index in [0.29, 0.717) is 29.9 Å². The molecule has 1 unspecified atom stereocenters. The third kappa shape index (κ3) is 5.18. The van der Waals surface area contributed by atoms with Crippen LogP contribution in [0.5, 0.6) is 5.88 Å². The van der Waals surface area contributed by atoms with Crippen LogP contribution in [0.2, 0.25) is 0 Å². The molecular weight excluding hydrogens is 498 g/mol. The molecule has 5 heterocycles. The summed E-state index contributed by atoms with van der Waals surface area (Å²) in [5.74, 6) is 1.52. The fraction of sp³-hybridized carbons (Fsp3) is 0.296. The summed E-state index contributed by atoms with van der Waals surface area (Å²) < 4.78 is 12.4. The van der Waals surface area contributed by atoms with Crippen LogP contribution in [0.15, 0.2) is 53.5 Å². The zero-order valence-electron chi connectivity index (χ0n) is 21.9. The van der Waals surface area contributed by atoms with E-state index >= 15 is 0 Å². The van der Waals surface area contributed by atoms with Gasteiger partial charge in [-0.2, -0.15) is 5.10 Å². The third-order valence-electron chi connectivity index (χ3n) is 6.87. The van der Waals surface area contributed by atoms with Crippen LogP contribution in [0, 0.1) is 13.8 Å². The van der Waals surface area contributed by atoms with Crippen molar-refractivity contribution in [1.82, 2.24) is 34.8 Å². The largest absolute Gasteiger partial charge is 0.471 e. The van der Waals surface area contributed by atoms with Gasteiger partial charge >= 0.3 is 0 Å². The number of amides is 1. The van der Waals surface area contributed by atoms with Crippen molar-refractivity contribution in [3.8, 4) is 17.1 Å². The number of benzene rings is 1. The second-order valence-corrected chi connectivity index (χ2v) is 9.72. The van der Waals surface area contributed by atoms with E-state index in [1.54, 1.807) is 16.9 Å². The fourth-order valence-electron chi connectivity index (χ4n) is 4.83. The number of aromatic amines is 1. The maximum absolute atomic E-state index is 12.9. The second-order valence-electron chi connectivity index (χ2n) is 9.72. The normalized spacial score (nSPS) is 15.6. The zero-order valence-corrected chi connectivity index (χ0v) is 21.9. The third-order valence-corrected chi connectivity index (χ3v) is 6.87. The lowest BCUT2D eigenvalue weighted by Crippen LogP contribution is -2.33. The lowest BCUT2D eigenvalue weighted by atomic mass is 10.1. The first-order valence-electron chi connectivity index (χ1n) is 12.7. The number of H-pyrrole nitrogens is 1. The van der Waals surface area contributed by atoms with Gasteiger partial charge in [0.2, 0.25) is 11.9 Å². The number of nitrogens with zero attached hydrogens (tertiary/aromatic N) is 6. The number of aryl methyl sites for hydroxylation is 3. The summed E-state index contributed by atoms with van der Waals surface area (Å²) in [6.45, 7) is 5.66. The predicted molar refractivity (Wildman–Crippen MR) is 146 cm³/mol. The SMILES string of the molecule is Cc1cnc(Nc2cc(C)n(C)n2)nc1-c1c[nH]c2c(NC(=O)CN3CCC(Oc4ccon4)C3)cccc12. The Labute approximate surface area is 224 Å². The first-order valence-corrected chi connectivity index (χ1v) is 12.7. The van der Waals surface area contributed by atoms with E-state index in [1.807, 2.05) is 51.4 Å². The molecule has 0 saturated carbocycles. The van der Waals surface area contributed by atoms with Gasteiger partial charge in [0, 0.05) is 61.3 Å². The number of hydrogen-bond acceptors (Lipinski definition) is 9. The Morgan fingerprint density at radius 3 is 2.97 bits per heavy atom. The lowest BCUT2D eigenvalue weighted by molar-refractivity contribution is -0.117. The fourth-order valence-corrected chi connectivity index (χ4v) is 4.83. The molecule has 12 nitrogen and oxygen atoms in total. The number of aromatic nitrogens is 6. The van der Waals surface area contributed by atoms with Crippen LogP contribution in [0.4, 0.5) is 17.5 Å². The van der Waals surface area contributed by atoms with Crippen LogP contribution >= 0.6 is 0 Å². The van der Waals surface area contributed by atoms with E-state index in [-0.39, 0.29) is 18.6 Å². The number of para-hydroxylation sites is 1. The first kappa shape index (κ1) is 24.6. The van der Waals surface area contributed by atoms with E-state index in [0.717, 1.165) is 46.4 Å². The minimum atomic E-state index is -0.0870. The highest BCUT2D eigenvalue weighted by Crippen LogP contribution is 2.33. The van der Waals surface area contributed by atoms with Gasteiger partial charge in [0.15, 0.2) is 5.82 Å². The molecule has 6 rings (SSSR count). The molecule has 1 aliphatic heterocycles. The monoisotopic (exact) mass is 527 g/mol. The van der Waals surface area contributed by atoms with Crippen LogP contribution in [0.1, 0.15) is 17.7 Å². The van der Waals surface area contributed by atoms with Crippen LogP contribution < -0.4 is 15.4 Å². The van der Waals surface area contributed by atoms with Gasteiger partial charge < -0.3 is 24.9 Å². The number of carbonyl (C=O) groups excluding carboxylic acids is 1. The summed E-state index contributed by atoms with van der Waals surface area (Å²) in [7, 11) is 1.89. The van der Waals surface area contributed by atoms with Crippen molar-refractivity contribution < 1.29 is 14.1 Å². The average molecular weight is 528 g/mol. The number of hydrogen-bond donors (Lipinski definition) is 3. The maximum Gasteiger partial charge on any atom is 0.254 e. The van der Waals surface area contributed by atoms with Gasteiger partial charge in [-0.05, 0) is 37.1 Å². The molecule has 5 aromatic rings. The highest BCUT2D eigenvalue weighted by molar-refractivity contribution is 6.06. The van der Waals surface area contributed by atoms with Crippen LogP contribution in [-0.2, 0) is 11.8 Å². The number of nitrogens with one attached hydrogen (secondary N) is 3. The van der Waals surface area contributed by atoms with Crippen LogP contribution in [0.25, 0.3) is 22.2 Å². The summed E-state index contributed by atoms with van der Waals surface area (Å²) in [5.41, 5.74) is 5.23. The number of fused-ring (bicyclic) bond motifs is 1. The van der Waals surface area contributed by atoms with Crippen molar-refractivity contribution in [3.63, 3.8) is 0 Å². The number of likely N-dealkylation sites (tertiary alicyclic amines) is 1. The highest BCUT2D eigenvalue weighted by atomic mass is 16.5. The predicted octanol–water partition coefficient (Wildman–Crippen LogP) is 3.80. The molecule has 1 aromatic carbocycles. The average Bonchev–Trinajstić information content (AvgIpc) is 3.71. The van der Waals surface area contributed by atoms with Crippen molar-refractivity contribution in [2.75, 3.05) is 30.3 Å². The number of ether oxygens (including phenoxy) is 1. The molecule has 1 atom stereocenters. The lowest BCUT2D eigenvalue weighted by Gasteiger charge is -2.16.